The lowest BCUT2D eigenvalue weighted by Gasteiger charge is -2.17. The highest BCUT2D eigenvalue weighted by atomic mass is 32.2. The minimum absolute atomic E-state index is 0.0562. The van der Waals surface area contributed by atoms with Crippen molar-refractivity contribution >= 4 is 17.7 Å². The van der Waals surface area contributed by atoms with Gasteiger partial charge in [-0.15, -0.1) is 0 Å². The van der Waals surface area contributed by atoms with Gasteiger partial charge in [-0.05, 0) is 43.4 Å². The van der Waals surface area contributed by atoms with Crippen LogP contribution in [0.1, 0.15) is 49.4 Å². The minimum atomic E-state index is -0.277. The van der Waals surface area contributed by atoms with Crippen molar-refractivity contribution in [1.29, 1.82) is 0 Å². The monoisotopic (exact) mass is 403 g/mol. The molecule has 0 atom stereocenters. The van der Waals surface area contributed by atoms with Gasteiger partial charge >= 0.3 is 0 Å². The predicted molar refractivity (Wildman–Crippen MR) is 109 cm³/mol. The van der Waals surface area contributed by atoms with Crippen molar-refractivity contribution in [2.45, 2.75) is 62.9 Å². The number of nitrogens with one attached hydrogen (secondary N) is 1. The van der Waals surface area contributed by atoms with Gasteiger partial charge in [0, 0.05) is 23.6 Å². The van der Waals surface area contributed by atoms with E-state index >= 15 is 0 Å². The Kier molecular flexibility index (Phi) is 7.25. The summed E-state index contributed by atoms with van der Waals surface area (Å²) in [5.74, 6) is 0.226. The standard InChI is InChI=1S/C21H26FN3O2S/c1-2-3-4-12-23-19(26)13-25-18-7-5-6-17(18)20(27)24-21(25)28-14-15-8-10-16(22)11-9-15/h8-11H,2-7,12-14H2,1H3,(H,23,26). The van der Waals surface area contributed by atoms with Crippen molar-refractivity contribution in [2.24, 2.45) is 0 Å². The van der Waals surface area contributed by atoms with Gasteiger partial charge in [0.2, 0.25) is 5.91 Å². The maximum absolute atomic E-state index is 13.1. The van der Waals surface area contributed by atoms with E-state index in [1.54, 1.807) is 12.1 Å². The number of thioether (sulfide) groups is 1. The molecule has 0 fully saturated rings. The van der Waals surface area contributed by atoms with Crippen LogP contribution >= 0.6 is 11.8 Å². The first-order chi connectivity index (χ1) is 13.6. The van der Waals surface area contributed by atoms with Crippen LogP contribution < -0.4 is 10.9 Å². The van der Waals surface area contributed by atoms with E-state index in [2.05, 4.69) is 17.2 Å². The van der Waals surface area contributed by atoms with Gasteiger partial charge in [-0.2, -0.15) is 4.98 Å². The molecule has 1 amide bonds. The Morgan fingerprint density at radius 2 is 2.04 bits per heavy atom. The zero-order valence-corrected chi connectivity index (χ0v) is 17.0. The predicted octanol–water partition coefficient (Wildman–Crippen LogP) is 3.47. The van der Waals surface area contributed by atoms with Crippen molar-refractivity contribution < 1.29 is 9.18 Å². The molecule has 1 aliphatic carbocycles. The first-order valence-corrected chi connectivity index (χ1v) is 10.8. The van der Waals surface area contributed by atoms with Gasteiger partial charge in [-0.25, -0.2) is 4.39 Å². The second-order valence-electron chi connectivity index (χ2n) is 7.04. The number of fused-ring (bicyclic) bond motifs is 1. The van der Waals surface area contributed by atoms with Crippen LogP contribution in [0.5, 0.6) is 0 Å². The normalized spacial score (nSPS) is 12.8. The molecule has 150 valence electrons. The Labute approximate surface area is 168 Å². The molecule has 28 heavy (non-hydrogen) atoms. The number of hydrogen-bond donors (Lipinski definition) is 1. The Bertz CT molecular complexity index is 880. The van der Waals surface area contributed by atoms with E-state index < -0.39 is 0 Å². The number of aromatic nitrogens is 2. The number of carbonyl (C=O) groups excluding carboxylic acids is 1. The van der Waals surface area contributed by atoms with Crippen LogP contribution in [0.15, 0.2) is 34.2 Å². The van der Waals surface area contributed by atoms with E-state index in [9.17, 15) is 14.0 Å². The molecule has 3 rings (SSSR count). The highest BCUT2D eigenvalue weighted by Gasteiger charge is 2.23. The third-order valence-electron chi connectivity index (χ3n) is 4.89. The zero-order chi connectivity index (χ0) is 19.9. The molecule has 0 spiro atoms. The number of carbonyl (C=O) groups is 1. The van der Waals surface area contributed by atoms with E-state index in [-0.39, 0.29) is 23.8 Å². The lowest BCUT2D eigenvalue weighted by molar-refractivity contribution is -0.121. The first kappa shape index (κ1) is 20.6. The molecule has 1 heterocycles. The minimum Gasteiger partial charge on any atom is -0.355 e. The molecule has 0 saturated heterocycles. The number of unbranched alkanes of at least 4 members (excludes halogenated alkanes) is 2. The smallest absolute Gasteiger partial charge is 0.277 e. The summed E-state index contributed by atoms with van der Waals surface area (Å²) in [6.07, 6.45) is 5.60. The van der Waals surface area contributed by atoms with Crippen LogP contribution in [-0.2, 0) is 29.9 Å². The van der Waals surface area contributed by atoms with Gasteiger partial charge in [0.15, 0.2) is 5.16 Å². The lowest BCUT2D eigenvalue weighted by atomic mass is 10.2. The summed E-state index contributed by atoms with van der Waals surface area (Å²) >= 11 is 1.41. The fourth-order valence-electron chi connectivity index (χ4n) is 3.39. The average molecular weight is 404 g/mol. The number of benzene rings is 1. The van der Waals surface area contributed by atoms with Gasteiger partial charge in [0.05, 0.1) is 0 Å². The molecule has 1 N–H and O–H groups in total. The molecule has 1 aromatic carbocycles. The molecule has 0 unspecified atom stereocenters. The van der Waals surface area contributed by atoms with Crippen LogP contribution in [0.3, 0.4) is 0 Å². The van der Waals surface area contributed by atoms with Gasteiger partial charge in [0.25, 0.3) is 5.56 Å². The molecule has 0 radical (unpaired) electrons. The lowest BCUT2D eigenvalue weighted by Crippen LogP contribution is -2.31. The van der Waals surface area contributed by atoms with Crippen LogP contribution in [0.2, 0.25) is 0 Å². The highest BCUT2D eigenvalue weighted by Crippen LogP contribution is 2.26. The summed E-state index contributed by atoms with van der Waals surface area (Å²) in [5.41, 5.74) is 2.43. The summed E-state index contributed by atoms with van der Waals surface area (Å²) in [4.78, 5) is 29.1. The van der Waals surface area contributed by atoms with Gasteiger partial charge in [0.1, 0.15) is 12.4 Å². The number of nitrogens with zero attached hydrogens (tertiary/aromatic N) is 2. The molecule has 7 heteroatoms. The maximum atomic E-state index is 13.1. The third-order valence-corrected chi connectivity index (χ3v) is 5.93. The van der Waals surface area contributed by atoms with E-state index in [1.165, 1.54) is 23.9 Å². The zero-order valence-electron chi connectivity index (χ0n) is 16.2. The summed E-state index contributed by atoms with van der Waals surface area (Å²) in [6, 6.07) is 6.28. The molecule has 5 nitrogen and oxygen atoms in total. The topological polar surface area (TPSA) is 64.0 Å². The van der Waals surface area contributed by atoms with Crippen molar-refractivity contribution in [3.8, 4) is 0 Å². The van der Waals surface area contributed by atoms with Gasteiger partial charge < -0.3 is 9.88 Å². The number of hydrogen-bond acceptors (Lipinski definition) is 4. The second-order valence-corrected chi connectivity index (χ2v) is 7.98. The summed E-state index contributed by atoms with van der Waals surface area (Å²) in [7, 11) is 0. The van der Waals surface area contributed by atoms with E-state index in [0.717, 1.165) is 55.3 Å². The fraction of sp³-hybridized carbons (Fsp3) is 0.476. The summed E-state index contributed by atoms with van der Waals surface area (Å²) < 4.78 is 15.0. The molecular formula is C21H26FN3O2S. The highest BCUT2D eigenvalue weighted by molar-refractivity contribution is 7.98. The molecule has 1 aromatic heterocycles. The molecule has 0 bridgehead atoms. The van der Waals surface area contributed by atoms with Crippen LogP contribution in [-0.4, -0.2) is 22.0 Å². The molecule has 1 aliphatic rings. The quantitative estimate of drug-likeness (QED) is 0.396. The van der Waals surface area contributed by atoms with Crippen molar-refractivity contribution in [3.05, 3.63) is 57.3 Å². The second kappa shape index (κ2) is 9.87. The summed E-state index contributed by atoms with van der Waals surface area (Å²) in [5, 5.41) is 3.52. The number of halogens is 1. The Hall–Kier alpha value is -2.15. The largest absolute Gasteiger partial charge is 0.355 e. The molecule has 0 aliphatic heterocycles. The SMILES string of the molecule is CCCCCNC(=O)Cn1c(SCc2ccc(F)cc2)nc(=O)c2c1CCC2. The fourth-order valence-corrected chi connectivity index (χ4v) is 4.36. The third kappa shape index (κ3) is 5.22. The van der Waals surface area contributed by atoms with Crippen molar-refractivity contribution in [3.63, 3.8) is 0 Å². The maximum Gasteiger partial charge on any atom is 0.277 e. The number of amides is 1. The van der Waals surface area contributed by atoms with Crippen molar-refractivity contribution in [1.82, 2.24) is 14.9 Å². The molecule has 2 aromatic rings. The Morgan fingerprint density at radius 1 is 1.25 bits per heavy atom. The number of rotatable bonds is 9. The van der Waals surface area contributed by atoms with E-state index in [1.807, 2.05) is 4.57 Å². The van der Waals surface area contributed by atoms with Crippen LogP contribution in [0, 0.1) is 5.82 Å². The van der Waals surface area contributed by atoms with Gasteiger partial charge in [-0.3, -0.25) is 9.59 Å². The van der Waals surface area contributed by atoms with Crippen molar-refractivity contribution in [2.75, 3.05) is 6.54 Å². The molecule has 0 saturated carbocycles. The molecular weight excluding hydrogens is 377 g/mol. The van der Waals surface area contributed by atoms with E-state index in [4.69, 9.17) is 0 Å². The van der Waals surface area contributed by atoms with Crippen LogP contribution in [0.4, 0.5) is 4.39 Å². The Balaban J connectivity index is 1.76. The Morgan fingerprint density at radius 3 is 2.79 bits per heavy atom. The van der Waals surface area contributed by atoms with Gasteiger partial charge in [-0.1, -0.05) is 43.7 Å². The van der Waals surface area contributed by atoms with Crippen LogP contribution in [0.25, 0.3) is 0 Å². The average Bonchev–Trinajstić information content (AvgIpc) is 3.18. The first-order valence-electron chi connectivity index (χ1n) is 9.85. The summed E-state index contributed by atoms with van der Waals surface area (Å²) in [6.45, 7) is 2.97. The van der Waals surface area contributed by atoms with E-state index in [0.29, 0.717) is 17.5 Å².